The van der Waals surface area contributed by atoms with Gasteiger partial charge in [0.2, 0.25) is 5.78 Å². The predicted octanol–water partition coefficient (Wildman–Crippen LogP) is 4.83. The summed E-state index contributed by atoms with van der Waals surface area (Å²) >= 11 is 1.55. The maximum atomic E-state index is 13.2. The lowest BCUT2D eigenvalue weighted by atomic mass is 9.86. The minimum Gasteiger partial charge on any atom is -0.496 e. The van der Waals surface area contributed by atoms with Crippen LogP contribution in [0.5, 0.6) is 28.7 Å². The summed E-state index contributed by atoms with van der Waals surface area (Å²) in [5.41, 5.74) is 2.72. The Morgan fingerprint density at radius 1 is 0.970 bits per heavy atom. The zero-order valence-electron chi connectivity index (χ0n) is 18.2. The van der Waals surface area contributed by atoms with Crippen LogP contribution in [0.1, 0.15) is 39.4 Å². The third-order valence-corrected chi connectivity index (χ3v) is 6.45. The normalized spacial score (nSPS) is 17.8. The molecule has 1 aromatic heterocycles. The molecule has 0 N–H and O–H groups in total. The molecule has 0 spiro atoms. The number of Topliss-reactive ketones (excluding diaryl/α,β-unsaturated/α-hetero) is 1. The number of hydrogen-bond acceptors (Lipinski definition) is 8. The molecule has 2 aliphatic heterocycles. The molecule has 0 fully saturated rings. The fourth-order valence-electron chi connectivity index (χ4n) is 4.17. The van der Waals surface area contributed by atoms with Crippen LogP contribution >= 0.6 is 11.3 Å². The Labute approximate surface area is 194 Å². The van der Waals surface area contributed by atoms with Crippen LogP contribution in [-0.4, -0.2) is 33.1 Å². The van der Waals surface area contributed by atoms with Crippen LogP contribution in [0.2, 0.25) is 0 Å². The highest BCUT2D eigenvalue weighted by Gasteiger charge is 2.38. The Bertz CT molecular complexity index is 1290. The number of ether oxygens (including phenoxy) is 5. The van der Waals surface area contributed by atoms with Crippen molar-refractivity contribution in [2.75, 3.05) is 21.3 Å². The van der Waals surface area contributed by atoms with Crippen LogP contribution in [0.3, 0.4) is 0 Å². The van der Waals surface area contributed by atoms with Crippen molar-refractivity contribution in [1.82, 2.24) is 0 Å². The molecule has 1 atom stereocenters. The molecule has 2 aliphatic rings. The molecule has 0 amide bonds. The molecule has 3 heterocycles. The summed E-state index contributed by atoms with van der Waals surface area (Å²) < 4.78 is 27.8. The van der Waals surface area contributed by atoms with E-state index in [1.165, 1.54) is 21.3 Å². The number of carbonyl (C=O) groups is 2. The first-order valence-electron chi connectivity index (χ1n) is 10.2. The first-order valence-corrected chi connectivity index (χ1v) is 11.1. The molecule has 0 saturated carbocycles. The molecule has 2 aromatic carbocycles. The molecule has 8 heteroatoms. The standard InChI is InChI=1S/C25H20O7S/c1-28-18-11-20(30-3)19(29-2)8-14(18)9-21-24(27)15-4-5-17-23(25(15)32-21)16(10-22(26)31-17)13-6-7-33-12-13/h4-9,11-12,16H,10H2,1-3H3/b21-9-/t16-/m1/s1. The number of fused-ring (bicyclic) bond motifs is 3. The molecule has 0 radical (unpaired) electrons. The van der Waals surface area contributed by atoms with Gasteiger partial charge < -0.3 is 23.7 Å². The van der Waals surface area contributed by atoms with Crippen LogP contribution in [0.25, 0.3) is 6.08 Å². The van der Waals surface area contributed by atoms with Gasteiger partial charge in [-0.3, -0.25) is 9.59 Å². The number of hydrogen-bond donors (Lipinski definition) is 0. The fraction of sp³-hybridized carbons (Fsp3) is 0.200. The number of carbonyl (C=O) groups excluding carboxylic acids is 2. The van der Waals surface area contributed by atoms with E-state index in [1.54, 1.807) is 41.7 Å². The van der Waals surface area contributed by atoms with E-state index in [4.69, 9.17) is 23.7 Å². The zero-order valence-corrected chi connectivity index (χ0v) is 19.0. The van der Waals surface area contributed by atoms with E-state index < -0.39 is 0 Å². The van der Waals surface area contributed by atoms with Crippen molar-refractivity contribution in [3.8, 4) is 28.7 Å². The second-order valence-electron chi connectivity index (χ2n) is 7.53. The lowest BCUT2D eigenvalue weighted by Crippen LogP contribution is -2.21. The van der Waals surface area contributed by atoms with E-state index in [-0.39, 0.29) is 29.9 Å². The second-order valence-corrected chi connectivity index (χ2v) is 8.31. The highest BCUT2D eigenvalue weighted by molar-refractivity contribution is 7.08. The van der Waals surface area contributed by atoms with Gasteiger partial charge >= 0.3 is 5.97 Å². The fourth-order valence-corrected chi connectivity index (χ4v) is 4.89. The molecule has 5 rings (SSSR count). The van der Waals surface area contributed by atoms with E-state index in [0.29, 0.717) is 45.4 Å². The van der Waals surface area contributed by atoms with Crippen LogP contribution in [0.15, 0.2) is 46.9 Å². The highest BCUT2D eigenvalue weighted by Crippen LogP contribution is 2.49. The number of esters is 1. The van der Waals surface area contributed by atoms with Crippen LogP contribution in [0, 0.1) is 0 Å². The van der Waals surface area contributed by atoms with Crippen molar-refractivity contribution >= 4 is 29.2 Å². The van der Waals surface area contributed by atoms with Gasteiger partial charge in [0.05, 0.1) is 33.3 Å². The molecule has 7 nitrogen and oxygen atoms in total. The van der Waals surface area contributed by atoms with Crippen LogP contribution < -0.4 is 23.7 Å². The molecule has 0 saturated heterocycles. The number of benzene rings is 2. The molecule has 3 aromatic rings. The van der Waals surface area contributed by atoms with Gasteiger partial charge in [-0.15, -0.1) is 0 Å². The Balaban J connectivity index is 1.60. The van der Waals surface area contributed by atoms with Crippen molar-refractivity contribution in [3.05, 3.63) is 69.1 Å². The van der Waals surface area contributed by atoms with Gasteiger partial charge in [-0.2, -0.15) is 11.3 Å². The number of thiophene rings is 1. The average molecular weight is 464 g/mol. The second kappa shape index (κ2) is 8.29. The van der Waals surface area contributed by atoms with Crippen molar-refractivity contribution in [2.45, 2.75) is 12.3 Å². The van der Waals surface area contributed by atoms with Gasteiger partial charge in [0.1, 0.15) is 17.2 Å². The molecule has 33 heavy (non-hydrogen) atoms. The summed E-state index contributed by atoms with van der Waals surface area (Å²) in [5, 5.41) is 3.95. The van der Waals surface area contributed by atoms with Crippen molar-refractivity contribution in [1.29, 1.82) is 0 Å². The quantitative estimate of drug-likeness (QED) is 0.304. The Kier molecular flexibility index (Phi) is 5.30. The van der Waals surface area contributed by atoms with Gasteiger partial charge in [0.25, 0.3) is 0 Å². The van der Waals surface area contributed by atoms with Gasteiger partial charge in [0.15, 0.2) is 17.3 Å². The molecule has 168 valence electrons. The van der Waals surface area contributed by atoms with E-state index in [0.717, 1.165) is 5.56 Å². The molecule has 0 unspecified atom stereocenters. The van der Waals surface area contributed by atoms with E-state index in [2.05, 4.69) is 0 Å². The summed E-state index contributed by atoms with van der Waals surface area (Å²) in [7, 11) is 4.60. The summed E-state index contributed by atoms with van der Waals surface area (Å²) in [5.74, 6) is 1.67. The summed E-state index contributed by atoms with van der Waals surface area (Å²) in [6, 6.07) is 8.67. The van der Waals surface area contributed by atoms with Crippen molar-refractivity contribution in [3.63, 3.8) is 0 Å². The van der Waals surface area contributed by atoms with Crippen molar-refractivity contribution in [2.24, 2.45) is 0 Å². The van der Waals surface area contributed by atoms with E-state index in [9.17, 15) is 9.59 Å². The molecule has 0 aliphatic carbocycles. The molecular formula is C25H20O7S. The third-order valence-electron chi connectivity index (χ3n) is 5.75. The van der Waals surface area contributed by atoms with Crippen LogP contribution in [-0.2, 0) is 4.79 Å². The van der Waals surface area contributed by atoms with Crippen LogP contribution in [0.4, 0.5) is 0 Å². The Morgan fingerprint density at radius 3 is 2.42 bits per heavy atom. The third kappa shape index (κ3) is 3.52. The number of allylic oxidation sites excluding steroid dienone is 1. The Hall–Kier alpha value is -3.78. The molecular weight excluding hydrogens is 444 g/mol. The topological polar surface area (TPSA) is 80.3 Å². The monoisotopic (exact) mass is 464 g/mol. The average Bonchev–Trinajstić information content (AvgIpc) is 3.47. The summed E-state index contributed by atoms with van der Waals surface area (Å²) in [4.78, 5) is 25.4. The first kappa shape index (κ1) is 21.1. The first-order chi connectivity index (χ1) is 16.0. The maximum absolute atomic E-state index is 13.2. The smallest absolute Gasteiger partial charge is 0.312 e. The SMILES string of the molecule is COc1cc(OC)c(OC)cc1/C=C1\Oc2c(ccc3c2[C@@H](c2ccsc2)CC(=O)O3)C1=O. The van der Waals surface area contributed by atoms with Gasteiger partial charge in [0, 0.05) is 23.1 Å². The predicted molar refractivity (Wildman–Crippen MR) is 122 cm³/mol. The van der Waals surface area contributed by atoms with E-state index >= 15 is 0 Å². The summed E-state index contributed by atoms with van der Waals surface area (Å²) in [6.07, 6.45) is 1.80. The van der Waals surface area contributed by atoms with Gasteiger partial charge in [-0.1, -0.05) is 0 Å². The highest BCUT2D eigenvalue weighted by atomic mass is 32.1. The number of ketones is 1. The minimum absolute atomic E-state index is 0.143. The lowest BCUT2D eigenvalue weighted by molar-refractivity contribution is -0.135. The minimum atomic E-state index is -0.311. The van der Waals surface area contributed by atoms with Gasteiger partial charge in [-0.25, -0.2) is 0 Å². The largest absolute Gasteiger partial charge is 0.496 e. The maximum Gasteiger partial charge on any atom is 0.312 e. The van der Waals surface area contributed by atoms with E-state index in [1.807, 2.05) is 16.8 Å². The van der Waals surface area contributed by atoms with Crippen molar-refractivity contribution < 1.29 is 33.3 Å². The number of rotatable bonds is 5. The zero-order chi connectivity index (χ0) is 23.1. The Morgan fingerprint density at radius 2 is 1.73 bits per heavy atom. The summed E-state index contributed by atoms with van der Waals surface area (Å²) in [6.45, 7) is 0. The van der Waals surface area contributed by atoms with Gasteiger partial charge in [-0.05, 0) is 46.7 Å². The number of methoxy groups -OCH3 is 3. The lowest BCUT2D eigenvalue weighted by Gasteiger charge is -2.25. The molecule has 0 bridgehead atoms.